The minimum absolute atomic E-state index is 0.153. The van der Waals surface area contributed by atoms with Gasteiger partial charge in [-0.3, -0.25) is 9.59 Å². The van der Waals surface area contributed by atoms with E-state index in [0.717, 1.165) is 19.3 Å². The molecule has 2 unspecified atom stereocenters. The lowest BCUT2D eigenvalue weighted by atomic mass is 9.93. The van der Waals surface area contributed by atoms with Crippen LogP contribution in [0.1, 0.15) is 113 Å². The molecule has 14 nitrogen and oxygen atoms in total. The van der Waals surface area contributed by atoms with Gasteiger partial charge in [0.15, 0.2) is 31.3 Å². The number of nitrogens with one attached hydrogen (secondary N) is 2. The predicted molar refractivity (Wildman–Crippen MR) is 186 cm³/mol. The summed E-state index contributed by atoms with van der Waals surface area (Å²) in [5.74, 6) is 0.0829. The number of hydrogen-bond donors (Lipinski definition) is 2. The topological polar surface area (TPSA) is 197 Å². The van der Waals surface area contributed by atoms with Gasteiger partial charge in [-0.2, -0.15) is 0 Å². The number of ether oxygens (including phenoxy) is 2. The van der Waals surface area contributed by atoms with Crippen molar-refractivity contribution in [3.8, 4) is 0 Å². The van der Waals surface area contributed by atoms with E-state index in [4.69, 9.17) is 18.5 Å². The summed E-state index contributed by atoms with van der Waals surface area (Å²) in [5, 5.41) is 12.7. The molecule has 0 bridgehead atoms. The maximum Gasteiger partial charge on any atom is 0.246 e. The molecule has 2 fully saturated rings. The first-order valence-electron chi connectivity index (χ1n) is 16.6. The van der Waals surface area contributed by atoms with Crippen molar-refractivity contribution in [1.29, 1.82) is 0 Å². The Morgan fingerprint density at radius 2 is 1.02 bits per heavy atom. The number of nitrogens with zero attached hydrogens (tertiary/aromatic N) is 2. The zero-order valence-electron chi connectivity index (χ0n) is 30.5. The maximum atomic E-state index is 12.7. The van der Waals surface area contributed by atoms with Crippen LogP contribution < -0.4 is 10.6 Å². The summed E-state index contributed by atoms with van der Waals surface area (Å²) in [7, 11) is -7.38. The summed E-state index contributed by atoms with van der Waals surface area (Å²) >= 11 is 0. The number of sulfone groups is 2. The summed E-state index contributed by atoms with van der Waals surface area (Å²) in [6, 6.07) is 3.23. The summed E-state index contributed by atoms with van der Waals surface area (Å²) in [6.45, 7) is 18.5. The number of aromatic nitrogens is 2. The van der Waals surface area contributed by atoms with E-state index in [1.54, 1.807) is 12.1 Å². The predicted octanol–water partition coefficient (Wildman–Crippen LogP) is 4.96. The summed E-state index contributed by atoms with van der Waals surface area (Å²) in [6.07, 6.45) is 3.47. The molecule has 2 aliphatic rings. The van der Waals surface area contributed by atoms with Crippen LogP contribution in [0.25, 0.3) is 0 Å². The van der Waals surface area contributed by atoms with Gasteiger partial charge in [0.1, 0.15) is 21.0 Å². The van der Waals surface area contributed by atoms with E-state index in [1.807, 2.05) is 41.5 Å². The zero-order chi connectivity index (χ0) is 37.1. The van der Waals surface area contributed by atoms with Crippen LogP contribution in [0.5, 0.6) is 0 Å². The van der Waals surface area contributed by atoms with Gasteiger partial charge in [-0.25, -0.2) is 16.8 Å². The standard InChI is InChI=1S/C17H28N2O5S.C16H26N2O5S/c1-16(2,3)13-10-14(19-24-13)18-15(20)17(4,5)25(21,22)11-12-8-6-7-9-23-12;1-15(2,3)12-9-13(18-23-12)17-14(19)16(4,5)24(20,21)10-11-7-6-8-22-11/h10,12H,6-9,11H2,1-5H3,(H,18,19,20);9,11H,6-8,10H2,1-5H3,(H,17,18,19). The van der Waals surface area contributed by atoms with Crippen LogP contribution in [-0.2, 0) is 49.6 Å². The minimum Gasteiger partial charge on any atom is -0.377 e. The van der Waals surface area contributed by atoms with Crippen molar-refractivity contribution in [2.24, 2.45) is 0 Å². The number of carbonyl (C=O) groups is 2. The molecule has 4 rings (SSSR count). The highest BCUT2D eigenvalue weighted by Gasteiger charge is 2.45. The fraction of sp³-hybridized carbons (Fsp3) is 0.758. The first-order chi connectivity index (χ1) is 22.4. The van der Waals surface area contributed by atoms with Crippen molar-refractivity contribution < 1.29 is 44.9 Å². The van der Waals surface area contributed by atoms with Crippen molar-refractivity contribution in [2.45, 2.75) is 134 Å². The molecule has 49 heavy (non-hydrogen) atoms. The Balaban J connectivity index is 0.000000266. The van der Waals surface area contributed by atoms with Gasteiger partial charge in [-0.1, -0.05) is 51.9 Å². The van der Waals surface area contributed by atoms with Crippen molar-refractivity contribution in [1.82, 2.24) is 10.3 Å². The van der Waals surface area contributed by atoms with E-state index >= 15 is 0 Å². The Labute approximate surface area is 290 Å². The minimum atomic E-state index is -3.70. The lowest BCUT2D eigenvalue weighted by Crippen LogP contribution is -2.48. The number of anilines is 2. The highest BCUT2D eigenvalue weighted by Crippen LogP contribution is 2.29. The fourth-order valence-corrected chi connectivity index (χ4v) is 7.82. The molecule has 0 spiro atoms. The van der Waals surface area contributed by atoms with Gasteiger partial charge in [-0.05, 0) is 59.8 Å². The molecule has 2 atom stereocenters. The summed E-state index contributed by atoms with van der Waals surface area (Å²) in [4.78, 5) is 25.1. The van der Waals surface area contributed by atoms with E-state index in [1.165, 1.54) is 27.7 Å². The van der Waals surface area contributed by atoms with E-state index in [2.05, 4.69) is 20.9 Å². The lowest BCUT2D eigenvalue weighted by Gasteiger charge is -2.28. The van der Waals surface area contributed by atoms with Crippen LogP contribution in [0.15, 0.2) is 21.2 Å². The Hall–Kier alpha value is -2.82. The number of hydrogen-bond acceptors (Lipinski definition) is 12. The van der Waals surface area contributed by atoms with Crippen molar-refractivity contribution in [3.63, 3.8) is 0 Å². The molecule has 2 amide bonds. The Bertz CT molecular complexity index is 1650. The molecule has 4 heterocycles. The molecule has 0 aliphatic carbocycles. The number of amides is 2. The first-order valence-corrected chi connectivity index (χ1v) is 19.9. The molecule has 2 aromatic heterocycles. The van der Waals surface area contributed by atoms with Gasteiger partial charge in [-0.15, -0.1) is 0 Å². The second kappa shape index (κ2) is 15.2. The molecule has 2 aliphatic heterocycles. The fourth-order valence-electron chi connectivity index (χ4n) is 4.81. The largest absolute Gasteiger partial charge is 0.377 e. The van der Waals surface area contributed by atoms with Gasteiger partial charge in [0.25, 0.3) is 0 Å². The molecule has 2 saturated heterocycles. The molecular formula is C33H54N4O10S2. The van der Waals surface area contributed by atoms with E-state index in [9.17, 15) is 26.4 Å². The SMILES string of the molecule is CC(C)(C)c1cc(NC(=O)C(C)(C)S(=O)(=O)CC2CCCCO2)no1.CC(C)(C)c1cc(NC(=O)C(C)(C)S(=O)(=O)CC2CCCO2)no1. The molecule has 278 valence electrons. The Morgan fingerprint density at radius 3 is 1.31 bits per heavy atom. The van der Waals surface area contributed by atoms with Crippen LogP contribution in [0.4, 0.5) is 11.6 Å². The van der Waals surface area contributed by atoms with E-state index in [-0.39, 0.29) is 46.2 Å². The van der Waals surface area contributed by atoms with Gasteiger partial charge < -0.3 is 29.2 Å². The van der Waals surface area contributed by atoms with Crippen molar-refractivity contribution in [3.05, 3.63) is 23.7 Å². The Morgan fingerprint density at radius 1 is 0.653 bits per heavy atom. The van der Waals surface area contributed by atoms with Crippen LogP contribution in [-0.4, -0.2) is 85.4 Å². The van der Waals surface area contributed by atoms with Crippen molar-refractivity contribution >= 4 is 43.1 Å². The zero-order valence-corrected chi connectivity index (χ0v) is 32.1. The van der Waals surface area contributed by atoms with Gasteiger partial charge in [0, 0.05) is 36.2 Å². The molecule has 0 aromatic carbocycles. The average Bonchev–Trinajstić information content (AvgIpc) is 3.76. The second-order valence-electron chi connectivity index (χ2n) is 15.8. The summed E-state index contributed by atoms with van der Waals surface area (Å²) in [5.41, 5.74) is -0.507. The third kappa shape index (κ3) is 10.4. The van der Waals surface area contributed by atoms with Crippen LogP contribution in [0.3, 0.4) is 0 Å². The smallest absolute Gasteiger partial charge is 0.246 e. The van der Waals surface area contributed by atoms with Gasteiger partial charge in [0.05, 0.1) is 23.7 Å². The third-order valence-electron chi connectivity index (χ3n) is 8.74. The maximum absolute atomic E-state index is 12.7. The normalized spacial score (nSPS) is 19.6. The third-order valence-corrected chi connectivity index (χ3v) is 13.8. The van der Waals surface area contributed by atoms with E-state index in [0.29, 0.717) is 37.6 Å². The molecule has 16 heteroatoms. The molecule has 0 radical (unpaired) electrons. The van der Waals surface area contributed by atoms with E-state index < -0.39 is 41.0 Å². The first kappa shape index (κ1) is 40.6. The lowest BCUT2D eigenvalue weighted by molar-refractivity contribution is -0.118. The van der Waals surface area contributed by atoms with Crippen LogP contribution >= 0.6 is 0 Å². The van der Waals surface area contributed by atoms with Gasteiger partial charge >= 0.3 is 0 Å². The Kier molecular flexibility index (Phi) is 12.6. The molecule has 0 saturated carbocycles. The summed E-state index contributed by atoms with van der Waals surface area (Å²) < 4.78 is 68.8. The van der Waals surface area contributed by atoms with Crippen molar-refractivity contribution in [2.75, 3.05) is 35.4 Å². The number of carbonyl (C=O) groups excluding carboxylic acids is 2. The quantitative estimate of drug-likeness (QED) is 0.334. The highest BCUT2D eigenvalue weighted by molar-refractivity contribution is 7.93. The molecular weight excluding hydrogens is 677 g/mol. The van der Waals surface area contributed by atoms with Crippen LogP contribution in [0.2, 0.25) is 0 Å². The van der Waals surface area contributed by atoms with Gasteiger partial charge in [0.2, 0.25) is 11.8 Å². The average molecular weight is 731 g/mol. The second-order valence-corrected chi connectivity index (χ2v) is 20.9. The molecule has 2 aromatic rings. The monoisotopic (exact) mass is 730 g/mol. The molecule has 2 N–H and O–H groups in total. The van der Waals surface area contributed by atoms with Crippen LogP contribution in [0, 0.1) is 0 Å². The number of rotatable bonds is 10. The highest BCUT2D eigenvalue weighted by atomic mass is 32.2.